The molecule has 0 spiro atoms. The Balaban J connectivity index is 3.39. The fourth-order valence-electron chi connectivity index (χ4n) is 1.76. The Labute approximate surface area is 79.4 Å². The topological polar surface area (TPSA) is 46.2 Å². The number of aromatic hydroxyl groups is 1. The molecular weight excluding hydrogens is 162 g/mol. The maximum Gasteiger partial charge on any atom is 0.123 e. The first kappa shape index (κ1) is 10.1. The number of nitrogens with two attached hydrogens (primary N) is 1. The fraction of sp³-hybridized carbons (Fsp3) is 0.455. The van der Waals surface area contributed by atoms with Gasteiger partial charge in [0.15, 0.2) is 0 Å². The molecule has 0 amide bonds. The van der Waals surface area contributed by atoms with Crippen LogP contribution < -0.4 is 5.73 Å². The summed E-state index contributed by atoms with van der Waals surface area (Å²) < 4.78 is 0. The Morgan fingerprint density at radius 2 is 1.77 bits per heavy atom. The molecule has 2 heteroatoms. The highest BCUT2D eigenvalue weighted by atomic mass is 16.3. The largest absolute Gasteiger partial charge is 0.507 e. The third-order valence-electron chi connectivity index (χ3n) is 2.51. The van der Waals surface area contributed by atoms with Crippen LogP contribution in [0.4, 0.5) is 0 Å². The van der Waals surface area contributed by atoms with E-state index in [0.29, 0.717) is 12.3 Å². The van der Waals surface area contributed by atoms with Crippen molar-refractivity contribution in [1.82, 2.24) is 0 Å². The Kier molecular flexibility index (Phi) is 2.94. The number of rotatable bonds is 2. The van der Waals surface area contributed by atoms with Gasteiger partial charge in [-0.3, -0.25) is 0 Å². The molecule has 2 nitrogen and oxygen atoms in total. The van der Waals surface area contributed by atoms with Crippen molar-refractivity contribution in [3.8, 4) is 5.75 Å². The number of phenolic OH excluding ortho intramolecular Hbond substituents is 1. The summed E-state index contributed by atoms with van der Waals surface area (Å²) in [5.74, 6) is 0.391. The van der Waals surface area contributed by atoms with Gasteiger partial charge in [0.05, 0.1) is 0 Å². The van der Waals surface area contributed by atoms with Crippen LogP contribution in [0, 0.1) is 13.8 Å². The minimum absolute atomic E-state index is 0.391. The highest BCUT2D eigenvalue weighted by Crippen LogP contribution is 2.28. The van der Waals surface area contributed by atoms with E-state index >= 15 is 0 Å². The molecule has 0 unspecified atom stereocenters. The summed E-state index contributed by atoms with van der Waals surface area (Å²) in [6, 6.07) is 2.08. The summed E-state index contributed by atoms with van der Waals surface area (Å²) in [4.78, 5) is 0. The van der Waals surface area contributed by atoms with Crippen molar-refractivity contribution in [2.75, 3.05) is 0 Å². The van der Waals surface area contributed by atoms with Crippen molar-refractivity contribution in [2.45, 2.75) is 33.7 Å². The van der Waals surface area contributed by atoms with Crippen molar-refractivity contribution in [1.29, 1.82) is 0 Å². The van der Waals surface area contributed by atoms with Gasteiger partial charge in [0, 0.05) is 12.1 Å². The van der Waals surface area contributed by atoms with Crippen LogP contribution in [0.25, 0.3) is 0 Å². The van der Waals surface area contributed by atoms with E-state index in [1.807, 2.05) is 20.8 Å². The molecule has 0 saturated carbocycles. The molecule has 0 aliphatic heterocycles. The van der Waals surface area contributed by atoms with Gasteiger partial charge in [-0.1, -0.05) is 13.0 Å². The SMILES string of the molecule is CCc1c(C)cc(C)c(CN)c1O. The van der Waals surface area contributed by atoms with Crippen LogP contribution in [0.15, 0.2) is 6.07 Å². The van der Waals surface area contributed by atoms with E-state index < -0.39 is 0 Å². The normalized spacial score (nSPS) is 10.5. The van der Waals surface area contributed by atoms with E-state index in [4.69, 9.17) is 5.73 Å². The van der Waals surface area contributed by atoms with E-state index in [0.717, 1.165) is 28.7 Å². The summed E-state index contributed by atoms with van der Waals surface area (Å²) in [5, 5.41) is 9.87. The van der Waals surface area contributed by atoms with Gasteiger partial charge in [-0.25, -0.2) is 0 Å². The predicted molar refractivity (Wildman–Crippen MR) is 54.9 cm³/mol. The van der Waals surface area contributed by atoms with E-state index in [1.165, 1.54) is 0 Å². The van der Waals surface area contributed by atoms with E-state index in [9.17, 15) is 5.11 Å². The minimum Gasteiger partial charge on any atom is -0.507 e. The molecule has 0 radical (unpaired) electrons. The van der Waals surface area contributed by atoms with Crippen LogP contribution in [0.2, 0.25) is 0 Å². The average molecular weight is 179 g/mol. The number of aryl methyl sites for hydroxylation is 2. The molecular formula is C11H17NO. The number of phenols is 1. The van der Waals surface area contributed by atoms with Gasteiger partial charge in [-0.15, -0.1) is 0 Å². The summed E-state index contributed by atoms with van der Waals surface area (Å²) in [5.41, 5.74) is 9.69. The zero-order valence-electron chi connectivity index (χ0n) is 8.52. The lowest BCUT2D eigenvalue weighted by molar-refractivity contribution is 0.460. The number of hydrogen-bond acceptors (Lipinski definition) is 2. The first-order chi connectivity index (χ1) is 6.11. The predicted octanol–water partition coefficient (Wildman–Crippen LogP) is 2.03. The molecule has 1 aromatic carbocycles. The van der Waals surface area contributed by atoms with Gasteiger partial charge in [0.2, 0.25) is 0 Å². The molecule has 0 aliphatic carbocycles. The Hall–Kier alpha value is -1.02. The zero-order chi connectivity index (χ0) is 10.0. The molecule has 72 valence electrons. The summed E-state index contributed by atoms with van der Waals surface area (Å²) in [7, 11) is 0. The van der Waals surface area contributed by atoms with Gasteiger partial charge in [-0.2, -0.15) is 0 Å². The summed E-state index contributed by atoms with van der Waals surface area (Å²) >= 11 is 0. The smallest absolute Gasteiger partial charge is 0.123 e. The third-order valence-corrected chi connectivity index (χ3v) is 2.51. The van der Waals surface area contributed by atoms with Crippen LogP contribution in [0.5, 0.6) is 5.75 Å². The molecule has 0 aliphatic rings. The first-order valence-electron chi connectivity index (χ1n) is 4.62. The molecule has 0 fully saturated rings. The van der Waals surface area contributed by atoms with Crippen molar-refractivity contribution >= 4 is 0 Å². The molecule has 0 saturated heterocycles. The van der Waals surface area contributed by atoms with E-state index in [-0.39, 0.29) is 0 Å². The van der Waals surface area contributed by atoms with Crippen molar-refractivity contribution in [3.63, 3.8) is 0 Å². The van der Waals surface area contributed by atoms with Crippen LogP contribution in [-0.4, -0.2) is 5.11 Å². The maximum atomic E-state index is 9.87. The molecule has 0 atom stereocenters. The lowest BCUT2D eigenvalue weighted by Crippen LogP contribution is -2.02. The molecule has 0 bridgehead atoms. The lowest BCUT2D eigenvalue weighted by atomic mass is 9.97. The van der Waals surface area contributed by atoms with Crippen molar-refractivity contribution < 1.29 is 5.11 Å². The molecule has 13 heavy (non-hydrogen) atoms. The fourth-order valence-corrected chi connectivity index (χ4v) is 1.76. The molecule has 3 N–H and O–H groups in total. The van der Waals surface area contributed by atoms with Gasteiger partial charge < -0.3 is 10.8 Å². The average Bonchev–Trinajstić information content (AvgIpc) is 2.04. The van der Waals surface area contributed by atoms with Gasteiger partial charge >= 0.3 is 0 Å². The molecule has 0 heterocycles. The third kappa shape index (κ3) is 1.68. The monoisotopic (exact) mass is 179 g/mol. The van der Waals surface area contributed by atoms with Gasteiger partial charge in [0.1, 0.15) is 5.75 Å². The highest BCUT2D eigenvalue weighted by Gasteiger charge is 2.10. The number of hydrogen-bond donors (Lipinski definition) is 2. The van der Waals surface area contributed by atoms with Gasteiger partial charge in [-0.05, 0) is 37.0 Å². The molecule has 1 aromatic rings. The minimum atomic E-state index is 0.391. The quantitative estimate of drug-likeness (QED) is 0.729. The first-order valence-corrected chi connectivity index (χ1v) is 4.62. The van der Waals surface area contributed by atoms with Crippen LogP contribution in [-0.2, 0) is 13.0 Å². The second kappa shape index (κ2) is 3.79. The van der Waals surface area contributed by atoms with Crippen LogP contribution >= 0.6 is 0 Å². The summed E-state index contributed by atoms with van der Waals surface area (Å²) in [6.45, 7) is 6.45. The highest BCUT2D eigenvalue weighted by molar-refractivity contribution is 5.49. The Bertz CT molecular complexity index is 290. The van der Waals surface area contributed by atoms with E-state index in [1.54, 1.807) is 0 Å². The lowest BCUT2D eigenvalue weighted by Gasteiger charge is -2.13. The van der Waals surface area contributed by atoms with E-state index in [2.05, 4.69) is 6.07 Å². The van der Waals surface area contributed by atoms with Crippen LogP contribution in [0.1, 0.15) is 29.2 Å². The summed E-state index contributed by atoms with van der Waals surface area (Å²) in [6.07, 6.45) is 0.852. The second-order valence-corrected chi connectivity index (χ2v) is 3.37. The van der Waals surface area contributed by atoms with Gasteiger partial charge in [0.25, 0.3) is 0 Å². The molecule has 1 rings (SSSR count). The Morgan fingerprint density at radius 3 is 2.23 bits per heavy atom. The van der Waals surface area contributed by atoms with Crippen LogP contribution in [0.3, 0.4) is 0 Å². The van der Waals surface area contributed by atoms with Crippen molar-refractivity contribution in [3.05, 3.63) is 28.3 Å². The standard InChI is InChI=1S/C11H17NO/c1-4-9-7(2)5-8(3)10(6-12)11(9)13/h5,13H,4,6,12H2,1-3H3. The zero-order valence-corrected chi connectivity index (χ0v) is 8.52. The second-order valence-electron chi connectivity index (χ2n) is 3.37. The number of benzene rings is 1. The van der Waals surface area contributed by atoms with Crippen molar-refractivity contribution in [2.24, 2.45) is 5.73 Å². The maximum absolute atomic E-state index is 9.87. The Morgan fingerprint density at radius 1 is 1.23 bits per heavy atom. The molecule has 0 aromatic heterocycles.